The van der Waals surface area contributed by atoms with Gasteiger partial charge in [0.2, 0.25) is 15.6 Å². The molecule has 2 aromatic carbocycles. The Bertz CT molecular complexity index is 1640. The van der Waals surface area contributed by atoms with Crippen LogP contribution in [-0.4, -0.2) is 44.7 Å². The molecule has 1 aliphatic carbocycles. The zero-order valence-corrected chi connectivity index (χ0v) is 25.3. The first-order valence-electron chi connectivity index (χ1n) is 15.0. The van der Waals surface area contributed by atoms with Crippen LogP contribution in [0.5, 0.6) is 0 Å². The summed E-state index contributed by atoms with van der Waals surface area (Å²) in [6.45, 7) is 2.48. The normalized spacial score (nSPS) is 19.8. The first-order valence-corrected chi connectivity index (χ1v) is 16.4. The van der Waals surface area contributed by atoms with Crippen LogP contribution in [0.3, 0.4) is 0 Å². The number of benzene rings is 2. The fraction of sp³-hybridized carbons (Fsp3) is 0.484. The summed E-state index contributed by atoms with van der Waals surface area (Å²) in [5, 5.41) is 2.52. The average Bonchev–Trinajstić information content (AvgIpc) is 3.35. The van der Waals surface area contributed by atoms with Crippen LogP contribution in [0.1, 0.15) is 63.9 Å². The number of carbonyl (C=O) groups excluding carboxylic acids is 1. The number of nitrogens with one attached hydrogen (secondary N) is 3. The average molecular weight is 635 g/mol. The molecule has 0 unspecified atom stereocenters. The van der Waals surface area contributed by atoms with Crippen LogP contribution in [0.2, 0.25) is 0 Å². The van der Waals surface area contributed by atoms with Crippen molar-refractivity contribution in [2.24, 2.45) is 5.92 Å². The number of hydrogen-bond acceptors (Lipinski definition) is 6. The zero-order valence-electron chi connectivity index (χ0n) is 24.5. The van der Waals surface area contributed by atoms with E-state index in [2.05, 4.69) is 15.0 Å². The molecule has 2 fully saturated rings. The van der Waals surface area contributed by atoms with Gasteiger partial charge in [-0.3, -0.25) is 10.1 Å². The smallest absolute Gasteiger partial charge is 0.417 e. The molecule has 0 radical (unpaired) electrons. The highest BCUT2D eigenvalue weighted by molar-refractivity contribution is 7.89. The number of carbonyl (C=O) groups is 1. The molecular formula is C31H37F3N4O5S. The molecule has 2 atom stereocenters. The fourth-order valence-corrected chi connectivity index (χ4v) is 7.43. The van der Waals surface area contributed by atoms with E-state index in [0.717, 1.165) is 38.5 Å². The maximum Gasteiger partial charge on any atom is 0.417 e. The highest BCUT2D eigenvalue weighted by atomic mass is 32.2. The molecule has 2 heterocycles. The van der Waals surface area contributed by atoms with Gasteiger partial charge in [-0.05, 0) is 81.0 Å². The maximum absolute atomic E-state index is 13.7. The van der Waals surface area contributed by atoms with Crippen molar-refractivity contribution < 1.29 is 31.1 Å². The summed E-state index contributed by atoms with van der Waals surface area (Å²) in [7, 11) is -3.66. The number of halogens is 3. The van der Waals surface area contributed by atoms with Crippen LogP contribution >= 0.6 is 0 Å². The number of sulfonamides is 1. The Morgan fingerprint density at radius 3 is 2.45 bits per heavy atom. The lowest BCUT2D eigenvalue weighted by Crippen LogP contribution is -2.35. The number of anilines is 2. The molecule has 0 bridgehead atoms. The zero-order chi connectivity index (χ0) is 31.5. The molecule has 13 heteroatoms. The van der Waals surface area contributed by atoms with E-state index in [0.29, 0.717) is 36.3 Å². The number of aromatic amines is 1. The molecule has 9 nitrogen and oxygen atoms in total. The monoisotopic (exact) mass is 634 g/mol. The highest BCUT2D eigenvalue weighted by Crippen LogP contribution is 2.38. The van der Waals surface area contributed by atoms with E-state index in [1.54, 1.807) is 6.07 Å². The number of hydrogen-bond donors (Lipinski definition) is 3. The molecule has 3 N–H and O–H groups in total. The number of pyridine rings is 1. The minimum atomic E-state index is -4.68. The molecule has 5 rings (SSSR count). The number of alkyl halides is 3. The molecule has 0 spiro atoms. The quantitative estimate of drug-likeness (QED) is 0.251. The topological polar surface area (TPSA) is 121 Å². The predicted octanol–water partition coefficient (Wildman–Crippen LogP) is 6.40. The standard InChI is InChI=1S/C31H37F3N4O5S/c1-20-7-10-23(38(20)24-11-14-28-26(17-24)27(31(32,33)34)18-29(39)37-28)15-16-43-30(40)36-22-8-12-25(13-9-22)44(41,42)35-19-21-5-3-2-4-6-21/h8-9,11-14,17-18,20-21,23,35H,2-7,10,15-16,19H2,1H3,(H,36,40)(H,37,39)/t20-,23-/m1/s1. The molecule has 1 aliphatic heterocycles. The van der Waals surface area contributed by atoms with Gasteiger partial charge < -0.3 is 14.6 Å². The van der Waals surface area contributed by atoms with Gasteiger partial charge in [-0.25, -0.2) is 17.9 Å². The molecule has 1 saturated heterocycles. The van der Waals surface area contributed by atoms with Crippen molar-refractivity contribution >= 4 is 38.4 Å². The van der Waals surface area contributed by atoms with Crippen molar-refractivity contribution in [3.05, 3.63) is 64.4 Å². The summed E-state index contributed by atoms with van der Waals surface area (Å²) >= 11 is 0. The largest absolute Gasteiger partial charge is 0.449 e. The van der Waals surface area contributed by atoms with Crippen molar-refractivity contribution in [1.82, 2.24) is 9.71 Å². The van der Waals surface area contributed by atoms with Crippen LogP contribution in [0.25, 0.3) is 10.9 Å². The number of rotatable bonds is 9. The third-order valence-corrected chi connectivity index (χ3v) is 10.0. The number of ether oxygens (including phenoxy) is 1. The summed E-state index contributed by atoms with van der Waals surface area (Å²) in [5.41, 5.74) is -0.714. The number of amides is 1. The molecule has 3 aromatic rings. The molecule has 2 aliphatic rings. The number of nitrogens with zero attached hydrogens (tertiary/aromatic N) is 1. The van der Waals surface area contributed by atoms with Gasteiger partial charge >= 0.3 is 12.3 Å². The minimum Gasteiger partial charge on any atom is -0.449 e. The Balaban J connectivity index is 1.16. The summed E-state index contributed by atoms with van der Waals surface area (Å²) in [5.74, 6) is 0.357. The maximum atomic E-state index is 13.7. The Morgan fingerprint density at radius 1 is 1.02 bits per heavy atom. The van der Waals surface area contributed by atoms with Crippen LogP contribution < -0.4 is 20.5 Å². The SMILES string of the molecule is C[C@@H]1CC[C@H](CCOC(=O)Nc2ccc(S(=O)(=O)NCC3CCCCC3)cc2)N1c1ccc2[nH]c(=O)cc(C(F)(F)F)c2c1. The van der Waals surface area contributed by atoms with E-state index >= 15 is 0 Å². The molecule has 1 amide bonds. The third kappa shape index (κ3) is 7.55. The van der Waals surface area contributed by atoms with E-state index in [1.807, 2.05) is 11.8 Å². The van der Waals surface area contributed by atoms with Crippen LogP contribution in [0.4, 0.5) is 29.3 Å². The van der Waals surface area contributed by atoms with E-state index in [4.69, 9.17) is 4.74 Å². The number of fused-ring (bicyclic) bond motifs is 1. The van der Waals surface area contributed by atoms with Gasteiger partial charge in [-0.2, -0.15) is 13.2 Å². The van der Waals surface area contributed by atoms with Crippen LogP contribution in [-0.2, 0) is 20.9 Å². The second-order valence-corrected chi connectivity index (χ2v) is 13.5. The van der Waals surface area contributed by atoms with Crippen molar-refractivity contribution in [2.75, 3.05) is 23.4 Å². The molecule has 1 aromatic heterocycles. The van der Waals surface area contributed by atoms with E-state index in [9.17, 15) is 31.2 Å². The molecule has 1 saturated carbocycles. The number of aromatic nitrogens is 1. The van der Waals surface area contributed by atoms with E-state index in [1.165, 1.54) is 42.8 Å². The second-order valence-electron chi connectivity index (χ2n) is 11.7. The Hall–Kier alpha value is -3.58. The molecule has 44 heavy (non-hydrogen) atoms. The van der Waals surface area contributed by atoms with Crippen molar-refractivity contribution in [1.29, 1.82) is 0 Å². The van der Waals surface area contributed by atoms with Crippen molar-refractivity contribution in [2.45, 2.75) is 81.4 Å². The fourth-order valence-electron chi connectivity index (χ4n) is 6.32. The summed E-state index contributed by atoms with van der Waals surface area (Å²) in [6, 6.07) is 11.0. The van der Waals surface area contributed by atoms with Gasteiger partial charge in [0.1, 0.15) is 0 Å². The van der Waals surface area contributed by atoms with Crippen molar-refractivity contribution in [3.63, 3.8) is 0 Å². The Morgan fingerprint density at radius 2 is 1.75 bits per heavy atom. The van der Waals surface area contributed by atoms with Gasteiger partial charge in [0.05, 0.1) is 17.1 Å². The molecule has 238 valence electrons. The number of H-pyrrole nitrogens is 1. The van der Waals surface area contributed by atoms with Crippen LogP contribution in [0, 0.1) is 5.92 Å². The lowest BCUT2D eigenvalue weighted by atomic mass is 9.90. The van der Waals surface area contributed by atoms with Gasteiger partial charge in [0, 0.05) is 53.4 Å². The van der Waals surface area contributed by atoms with Gasteiger partial charge in [0.25, 0.3) is 0 Å². The van der Waals surface area contributed by atoms with Gasteiger partial charge in [-0.1, -0.05) is 19.3 Å². The van der Waals surface area contributed by atoms with Gasteiger partial charge in [-0.15, -0.1) is 0 Å². The Labute approximate surface area is 254 Å². The van der Waals surface area contributed by atoms with Crippen molar-refractivity contribution in [3.8, 4) is 0 Å². The Kier molecular flexibility index (Phi) is 9.54. The summed E-state index contributed by atoms with van der Waals surface area (Å²) < 4.78 is 74.4. The van der Waals surface area contributed by atoms with E-state index in [-0.39, 0.29) is 34.5 Å². The third-order valence-electron chi connectivity index (χ3n) is 8.60. The minimum absolute atomic E-state index is 0.0512. The first-order chi connectivity index (χ1) is 20.9. The summed E-state index contributed by atoms with van der Waals surface area (Å²) in [6.07, 6.45) is 2.18. The lowest BCUT2D eigenvalue weighted by Gasteiger charge is -2.31. The van der Waals surface area contributed by atoms with Gasteiger partial charge in [0.15, 0.2) is 0 Å². The summed E-state index contributed by atoms with van der Waals surface area (Å²) in [4.78, 5) is 28.8. The highest BCUT2D eigenvalue weighted by Gasteiger charge is 2.35. The van der Waals surface area contributed by atoms with E-state index < -0.39 is 33.4 Å². The molecular weight excluding hydrogens is 597 g/mol. The van der Waals surface area contributed by atoms with Crippen LogP contribution in [0.15, 0.2) is 58.2 Å². The first kappa shape index (κ1) is 31.8. The predicted molar refractivity (Wildman–Crippen MR) is 162 cm³/mol. The second kappa shape index (κ2) is 13.2. The lowest BCUT2D eigenvalue weighted by molar-refractivity contribution is -0.136.